The van der Waals surface area contributed by atoms with Crippen LogP contribution in [0.5, 0.6) is 11.5 Å². The average molecular weight is 278 g/mol. The molecule has 20 heavy (non-hydrogen) atoms. The third-order valence-corrected chi connectivity index (χ3v) is 4.14. The van der Waals surface area contributed by atoms with Gasteiger partial charge in [0, 0.05) is 6.07 Å². The minimum absolute atomic E-state index is 0.0407. The van der Waals surface area contributed by atoms with Gasteiger partial charge in [-0.1, -0.05) is 19.3 Å². The zero-order valence-corrected chi connectivity index (χ0v) is 12.1. The lowest BCUT2D eigenvalue weighted by molar-refractivity contribution is -0.142. The van der Waals surface area contributed by atoms with Gasteiger partial charge in [0.05, 0.1) is 20.1 Å². The van der Waals surface area contributed by atoms with Crippen molar-refractivity contribution in [1.29, 1.82) is 0 Å². The highest BCUT2D eigenvalue weighted by atomic mass is 16.5. The van der Waals surface area contributed by atoms with Crippen molar-refractivity contribution in [1.82, 2.24) is 0 Å². The summed E-state index contributed by atoms with van der Waals surface area (Å²) in [6, 6.07) is 5.69. The van der Waals surface area contributed by atoms with Gasteiger partial charge in [-0.2, -0.15) is 0 Å². The number of carboxylic acid groups (broad SMARTS) is 1. The van der Waals surface area contributed by atoms with Crippen LogP contribution in [-0.4, -0.2) is 25.3 Å². The minimum atomic E-state index is -0.696. The first-order valence-corrected chi connectivity index (χ1v) is 7.11. The Bertz CT molecular complexity index is 447. The normalized spacial score (nSPS) is 22.9. The molecule has 0 aromatic heterocycles. The Hall–Kier alpha value is -1.71. The number of methoxy groups -OCH3 is 2. The molecule has 0 saturated heterocycles. The summed E-state index contributed by atoms with van der Waals surface area (Å²) in [6.45, 7) is 0. The van der Waals surface area contributed by atoms with Crippen molar-refractivity contribution in [2.75, 3.05) is 14.2 Å². The first kappa shape index (κ1) is 14.7. The molecule has 1 N–H and O–H groups in total. The Morgan fingerprint density at radius 1 is 1.05 bits per heavy atom. The van der Waals surface area contributed by atoms with Crippen molar-refractivity contribution in [2.45, 2.75) is 38.0 Å². The third-order valence-electron chi connectivity index (χ3n) is 4.14. The lowest BCUT2D eigenvalue weighted by atomic mass is 9.82. The van der Waals surface area contributed by atoms with Gasteiger partial charge in [0.25, 0.3) is 0 Å². The van der Waals surface area contributed by atoms with E-state index >= 15 is 0 Å². The first-order valence-electron chi connectivity index (χ1n) is 7.11. The fraction of sp³-hybridized carbons (Fsp3) is 0.562. The molecule has 0 radical (unpaired) electrons. The fourth-order valence-electron chi connectivity index (χ4n) is 3.05. The second-order valence-electron chi connectivity index (χ2n) is 5.34. The number of benzene rings is 1. The topological polar surface area (TPSA) is 55.8 Å². The van der Waals surface area contributed by atoms with Gasteiger partial charge < -0.3 is 14.6 Å². The molecule has 1 aliphatic rings. The lowest BCUT2D eigenvalue weighted by Gasteiger charge is -2.23. The molecule has 0 bridgehead atoms. The summed E-state index contributed by atoms with van der Waals surface area (Å²) < 4.78 is 10.6. The monoisotopic (exact) mass is 278 g/mol. The number of aliphatic carboxylic acids is 1. The van der Waals surface area contributed by atoms with E-state index in [0.717, 1.165) is 37.7 Å². The van der Waals surface area contributed by atoms with Crippen LogP contribution in [0.15, 0.2) is 18.2 Å². The average Bonchev–Trinajstić information content (AvgIpc) is 2.72. The number of rotatable bonds is 4. The molecule has 1 aliphatic carbocycles. The van der Waals surface area contributed by atoms with Crippen LogP contribution in [0.4, 0.5) is 0 Å². The Balaban J connectivity index is 2.37. The number of ether oxygens (including phenoxy) is 2. The molecule has 4 nitrogen and oxygen atoms in total. The highest BCUT2D eigenvalue weighted by Gasteiger charge is 2.31. The maximum absolute atomic E-state index is 11.5. The number of hydrogen-bond donors (Lipinski definition) is 1. The van der Waals surface area contributed by atoms with E-state index in [0.29, 0.717) is 11.5 Å². The molecular formula is C16H22O4. The van der Waals surface area contributed by atoms with Crippen molar-refractivity contribution in [2.24, 2.45) is 5.92 Å². The smallest absolute Gasteiger partial charge is 0.307 e. The Morgan fingerprint density at radius 3 is 2.20 bits per heavy atom. The fourth-order valence-corrected chi connectivity index (χ4v) is 3.05. The Labute approximate surface area is 119 Å². The van der Waals surface area contributed by atoms with Gasteiger partial charge in [-0.25, -0.2) is 0 Å². The summed E-state index contributed by atoms with van der Waals surface area (Å²) in [7, 11) is 3.22. The Kier molecular flexibility index (Phi) is 4.88. The van der Waals surface area contributed by atoms with Gasteiger partial charge in [-0.05, 0) is 36.5 Å². The molecule has 1 saturated carbocycles. The molecule has 2 unspecified atom stereocenters. The van der Waals surface area contributed by atoms with Gasteiger partial charge in [-0.15, -0.1) is 0 Å². The van der Waals surface area contributed by atoms with Gasteiger partial charge in [-0.3, -0.25) is 4.79 Å². The van der Waals surface area contributed by atoms with Crippen LogP contribution < -0.4 is 9.47 Å². The molecule has 0 spiro atoms. The van der Waals surface area contributed by atoms with E-state index in [2.05, 4.69) is 0 Å². The van der Waals surface area contributed by atoms with Crippen molar-refractivity contribution in [3.63, 3.8) is 0 Å². The van der Waals surface area contributed by atoms with Gasteiger partial charge in [0.2, 0.25) is 0 Å². The maximum atomic E-state index is 11.5. The molecule has 110 valence electrons. The molecule has 0 heterocycles. The third kappa shape index (κ3) is 3.24. The molecule has 1 fully saturated rings. The molecule has 0 aliphatic heterocycles. The maximum Gasteiger partial charge on any atom is 0.307 e. The first-order chi connectivity index (χ1) is 9.65. The van der Waals surface area contributed by atoms with E-state index in [1.54, 1.807) is 14.2 Å². The standard InChI is InChI=1S/C16H22O4/c1-19-12-8-11(9-13(10-12)20-2)14-6-4-3-5-7-15(14)16(17)18/h8-10,14-15H,3-7H2,1-2H3,(H,17,18). The summed E-state index contributed by atoms with van der Waals surface area (Å²) in [5, 5.41) is 9.49. The number of hydrogen-bond acceptors (Lipinski definition) is 3. The lowest BCUT2D eigenvalue weighted by Crippen LogP contribution is -2.21. The van der Waals surface area contributed by atoms with Gasteiger partial charge in [0.1, 0.15) is 11.5 Å². The molecular weight excluding hydrogens is 256 g/mol. The summed E-state index contributed by atoms with van der Waals surface area (Å²) in [5.41, 5.74) is 1.01. The van der Waals surface area contributed by atoms with Crippen LogP contribution in [-0.2, 0) is 4.79 Å². The molecule has 2 rings (SSSR count). The summed E-state index contributed by atoms with van der Waals surface area (Å²) in [4.78, 5) is 11.5. The van der Waals surface area contributed by atoms with E-state index in [4.69, 9.17) is 9.47 Å². The summed E-state index contributed by atoms with van der Waals surface area (Å²) in [6.07, 6.45) is 4.84. The predicted molar refractivity (Wildman–Crippen MR) is 76.5 cm³/mol. The molecule has 2 atom stereocenters. The zero-order chi connectivity index (χ0) is 14.5. The predicted octanol–water partition coefficient (Wildman–Crippen LogP) is 3.45. The minimum Gasteiger partial charge on any atom is -0.497 e. The molecule has 1 aromatic carbocycles. The van der Waals surface area contributed by atoms with Crippen molar-refractivity contribution >= 4 is 5.97 Å². The molecule has 1 aromatic rings. The van der Waals surface area contributed by atoms with Crippen LogP contribution in [0, 0.1) is 5.92 Å². The highest BCUT2D eigenvalue weighted by molar-refractivity contribution is 5.71. The van der Waals surface area contributed by atoms with Crippen molar-refractivity contribution in [3.05, 3.63) is 23.8 Å². The molecule has 4 heteroatoms. The zero-order valence-electron chi connectivity index (χ0n) is 12.1. The second kappa shape index (κ2) is 6.64. The largest absolute Gasteiger partial charge is 0.497 e. The van der Waals surface area contributed by atoms with Crippen LogP contribution in [0.2, 0.25) is 0 Å². The number of carboxylic acids is 1. The van der Waals surface area contributed by atoms with E-state index in [1.165, 1.54) is 0 Å². The second-order valence-corrected chi connectivity index (χ2v) is 5.34. The van der Waals surface area contributed by atoms with E-state index in [-0.39, 0.29) is 11.8 Å². The van der Waals surface area contributed by atoms with Crippen molar-refractivity contribution in [3.8, 4) is 11.5 Å². The molecule has 0 amide bonds. The van der Waals surface area contributed by atoms with E-state index in [9.17, 15) is 9.90 Å². The highest BCUT2D eigenvalue weighted by Crippen LogP contribution is 2.39. The van der Waals surface area contributed by atoms with E-state index in [1.807, 2.05) is 18.2 Å². The van der Waals surface area contributed by atoms with Gasteiger partial charge >= 0.3 is 5.97 Å². The number of carbonyl (C=O) groups is 1. The van der Waals surface area contributed by atoms with Crippen LogP contribution in [0.1, 0.15) is 43.6 Å². The van der Waals surface area contributed by atoms with Gasteiger partial charge in [0.15, 0.2) is 0 Å². The quantitative estimate of drug-likeness (QED) is 0.857. The van der Waals surface area contributed by atoms with Crippen LogP contribution in [0.25, 0.3) is 0 Å². The summed E-state index contributed by atoms with van der Waals surface area (Å²) >= 11 is 0. The SMILES string of the molecule is COc1cc(OC)cc(C2CCCCCC2C(=O)O)c1. The Morgan fingerprint density at radius 2 is 1.65 bits per heavy atom. The summed E-state index contributed by atoms with van der Waals surface area (Å²) in [5.74, 6) is 0.465. The van der Waals surface area contributed by atoms with E-state index < -0.39 is 5.97 Å². The van der Waals surface area contributed by atoms with Crippen LogP contribution >= 0.6 is 0 Å². The van der Waals surface area contributed by atoms with Crippen molar-refractivity contribution < 1.29 is 19.4 Å². The van der Waals surface area contributed by atoms with Crippen LogP contribution in [0.3, 0.4) is 0 Å².